The van der Waals surface area contributed by atoms with Crippen LogP contribution in [0.2, 0.25) is 0 Å². The normalized spacial score (nSPS) is 23.4. The van der Waals surface area contributed by atoms with E-state index in [-0.39, 0.29) is 31.9 Å². The molecule has 0 aliphatic carbocycles. The van der Waals surface area contributed by atoms with E-state index in [4.69, 9.17) is 9.47 Å². The molecule has 0 spiro atoms. The first-order valence-corrected chi connectivity index (χ1v) is 10.2. The fourth-order valence-corrected chi connectivity index (χ4v) is 3.42. The summed E-state index contributed by atoms with van der Waals surface area (Å²) in [7, 11) is 0. The van der Waals surface area contributed by atoms with Gasteiger partial charge in [-0.3, -0.25) is 15.0 Å². The predicted octanol–water partition coefficient (Wildman–Crippen LogP) is 2.68. The van der Waals surface area contributed by atoms with Crippen molar-refractivity contribution < 1.29 is 29.0 Å². The molecule has 2 N–H and O–H groups in total. The highest BCUT2D eigenvalue weighted by molar-refractivity contribution is 5.96. The third-order valence-electron chi connectivity index (χ3n) is 5.16. The number of urea groups is 1. The smallest absolute Gasteiger partial charge is 0.338 e. The molecule has 0 bridgehead atoms. The summed E-state index contributed by atoms with van der Waals surface area (Å²) in [5.41, 5.74) is 1.63. The lowest BCUT2D eigenvalue weighted by atomic mass is 10.1. The van der Waals surface area contributed by atoms with Gasteiger partial charge in [-0.25, -0.2) is 9.59 Å². The van der Waals surface area contributed by atoms with Crippen LogP contribution in [0.15, 0.2) is 64.8 Å². The van der Waals surface area contributed by atoms with Crippen molar-refractivity contribution in [2.24, 2.45) is 10.2 Å². The number of hydrogen-bond acceptors (Lipinski definition) is 8. The molecule has 0 aromatic heterocycles. The number of hydrogen-bond donors (Lipinski definition) is 2. The van der Waals surface area contributed by atoms with Crippen LogP contribution in [0.25, 0.3) is 0 Å². The maximum atomic E-state index is 12.3. The van der Waals surface area contributed by atoms with E-state index >= 15 is 0 Å². The van der Waals surface area contributed by atoms with Crippen LogP contribution in [0.4, 0.5) is 16.2 Å². The van der Waals surface area contributed by atoms with Gasteiger partial charge in [0.2, 0.25) is 5.91 Å². The molecule has 0 saturated carbocycles. The third kappa shape index (κ3) is 5.16. The Morgan fingerprint density at radius 1 is 1.09 bits per heavy atom. The van der Waals surface area contributed by atoms with Crippen molar-refractivity contribution >= 4 is 29.3 Å². The largest absolute Gasteiger partial charge is 0.459 e. The molecule has 2 fully saturated rings. The quantitative estimate of drug-likeness (QED) is 0.527. The number of aliphatic hydroxyl groups excluding tert-OH is 1. The van der Waals surface area contributed by atoms with E-state index in [1.165, 1.54) is 4.90 Å². The summed E-state index contributed by atoms with van der Waals surface area (Å²) in [4.78, 5) is 36.9. The lowest BCUT2D eigenvalue weighted by Gasteiger charge is -2.31. The number of esters is 1. The van der Waals surface area contributed by atoms with Crippen LogP contribution in [0.5, 0.6) is 0 Å². The molecule has 0 radical (unpaired) electrons. The fraction of sp³-hybridized carbons (Fsp3) is 0.318. The minimum absolute atomic E-state index is 0.166. The van der Waals surface area contributed by atoms with Gasteiger partial charge >= 0.3 is 12.0 Å². The highest BCUT2D eigenvalue weighted by Crippen LogP contribution is 2.25. The Balaban J connectivity index is 1.28. The van der Waals surface area contributed by atoms with Gasteiger partial charge in [0.05, 0.1) is 23.0 Å². The number of carbonyl (C=O) groups is 3. The number of aliphatic hydroxyl groups is 1. The van der Waals surface area contributed by atoms with Crippen LogP contribution in [-0.4, -0.2) is 59.5 Å². The number of ether oxygens (including phenoxy) is 2. The zero-order valence-corrected chi connectivity index (χ0v) is 17.1. The maximum Gasteiger partial charge on any atom is 0.338 e. The molecular weight excluding hydrogens is 416 g/mol. The van der Waals surface area contributed by atoms with Crippen molar-refractivity contribution in [3.8, 4) is 0 Å². The molecule has 3 amide bonds. The molecule has 166 valence electrons. The first kappa shape index (κ1) is 21.6. The summed E-state index contributed by atoms with van der Waals surface area (Å²) in [6.45, 7) is 0.0445. The first-order valence-electron chi connectivity index (χ1n) is 10.2. The van der Waals surface area contributed by atoms with Gasteiger partial charge in [-0.05, 0) is 36.4 Å². The summed E-state index contributed by atoms with van der Waals surface area (Å²) < 4.78 is 11.0. The highest BCUT2D eigenvalue weighted by atomic mass is 16.6. The summed E-state index contributed by atoms with van der Waals surface area (Å²) in [6.07, 6.45) is -2.02. The fourth-order valence-electron chi connectivity index (χ4n) is 3.42. The van der Waals surface area contributed by atoms with Gasteiger partial charge < -0.3 is 14.6 Å². The Hall–Kier alpha value is -3.63. The van der Waals surface area contributed by atoms with E-state index in [9.17, 15) is 19.5 Å². The molecule has 10 nitrogen and oxygen atoms in total. The minimum atomic E-state index is -0.904. The second-order valence-corrected chi connectivity index (χ2v) is 7.41. The second-order valence-electron chi connectivity index (χ2n) is 7.41. The Morgan fingerprint density at radius 2 is 1.78 bits per heavy atom. The molecule has 32 heavy (non-hydrogen) atoms. The van der Waals surface area contributed by atoms with Crippen LogP contribution in [0.1, 0.15) is 23.2 Å². The van der Waals surface area contributed by atoms with Crippen LogP contribution in [-0.2, 0) is 14.3 Å². The van der Waals surface area contributed by atoms with Crippen LogP contribution in [0.3, 0.4) is 0 Å². The Labute approximate surface area is 183 Å². The Bertz CT molecular complexity index is 1010. The topological polar surface area (TPSA) is 130 Å². The van der Waals surface area contributed by atoms with E-state index in [1.54, 1.807) is 24.3 Å². The van der Waals surface area contributed by atoms with E-state index in [2.05, 4.69) is 15.5 Å². The molecular formula is C22H22N4O6. The van der Waals surface area contributed by atoms with E-state index in [0.29, 0.717) is 11.3 Å². The summed E-state index contributed by atoms with van der Waals surface area (Å²) in [5, 5.41) is 20.7. The Morgan fingerprint density at radius 3 is 2.47 bits per heavy atom. The van der Waals surface area contributed by atoms with Crippen molar-refractivity contribution in [3.63, 3.8) is 0 Å². The van der Waals surface area contributed by atoms with Gasteiger partial charge in [0.25, 0.3) is 0 Å². The standard InChI is InChI=1S/C22H22N4O6/c27-17-12-20(26-11-10-19(28)23-22(26)30)32-18(17)13-31-21(29)14-6-8-16(9-7-14)25-24-15-4-2-1-3-5-15/h1-9,17-18,20,27H,10-13H2,(H,23,28,30)/t17-,18+,20+/m0/s1. The van der Waals surface area contributed by atoms with Crippen molar-refractivity contribution in [2.45, 2.75) is 31.3 Å². The molecule has 3 atom stereocenters. The zero-order chi connectivity index (χ0) is 22.5. The first-order chi connectivity index (χ1) is 15.5. The number of rotatable bonds is 6. The average molecular weight is 438 g/mol. The summed E-state index contributed by atoms with van der Waals surface area (Å²) in [6, 6.07) is 15.2. The molecule has 2 aliphatic heterocycles. The van der Waals surface area contributed by atoms with Gasteiger partial charge in [0.1, 0.15) is 18.9 Å². The lowest BCUT2D eigenvalue weighted by Crippen LogP contribution is -2.53. The number of nitrogens with one attached hydrogen (secondary N) is 1. The predicted molar refractivity (Wildman–Crippen MR) is 111 cm³/mol. The van der Waals surface area contributed by atoms with Crippen LogP contribution >= 0.6 is 0 Å². The second kappa shape index (κ2) is 9.67. The lowest BCUT2D eigenvalue weighted by molar-refractivity contribution is -0.124. The number of benzene rings is 2. The van der Waals surface area contributed by atoms with Gasteiger partial charge in [-0.1, -0.05) is 18.2 Å². The van der Waals surface area contributed by atoms with Crippen molar-refractivity contribution in [1.82, 2.24) is 10.2 Å². The number of nitrogens with zero attached hydrogens (tertiary/aromatic N) is 3. The average Bonchev–Trinajstić information content (AvgIpc) is 3.17. The van der Waals surface area contributed by atoms with Gasteiger partial charge in [0.15, 0.2) is 0 Å². The van der Waals surface area contributed by atoms with Crippen molar-refractivity contribution in [1.29, 1.82) is 0 Å². The monoisotopic (exact) mass is 438 g/mol. The van der Waals surface area contributed by atoms with Crippen LogP contribution < -0.4 is 5.32 Å². The molecule has 10 heteroatoms. The number of azo groups is 1. The number of imide groups is 1. The Kier molecular flexibility index (Phi) is 6.52. The molecule has 2 aromatic rings. The number of carbonyl (C=O) groups excluding carboxylic acids is 3. The number of amides is 3. The SMILES string of the molecule is O=C1CCN([C@H]2C[C@H](O)[C@@H](COC(=O)c3ccc(N=Nc4ccccc4)cc3)O2)C(=O)N1. The molecule has 0 unspecified atom stereocenters. The summed E-state index contributed by atoms with van der Waals surface area (Å²) >= 11 is 0. The molecule has 2 aromatic carbocycles. The van der Waals surface area contributed by atoms with Crippen molar-refractivity contribution in [2.75, 3.05) is 13.2 Å². The van der Waals surface area contributed by atoms with Gasteiger partial charge in [-0.2, -0.15) is 10.2 Å². The summed E-state index contributed by atoms with van der Waals surface area (Å²) in [5.74, 6) is -0.917. The van der Waals surface area contributed by atoms with E-state index < -0.39 is 30.4 Å². The molecule has 2 heterocycles. The van der Waals surface area contributed by atoms with E-state index in [0.717, 1.165) is 5.69 Å². The molecule has 2 saturated heterocycles. The highest BCUT2D eigenvalue weighted by Gasteiger charge is 2.41. The van der Waals surface area contributed by atoms with Gasteiger partial charge in [0, 0.05) is 19.4 Å². The minimum Gasteiger partial charge on any atom is -0.459 e. The van der Waals surface area contributed by atoms with Crippen molar-refractivity contribution in [3.05, 3.63) is 60.2 Å². The maximum absolute atomic E-state index is 12.3. The van der Waals surface area contributed by atoms with E-state index in [1.807, 2.05) is 30.3 Å². The molecule has 4 rings (SSSR count). The molecule has 2 aliphatic rings. The van der Waals surface area contributed by atoms with Crippen LogP contribution in [0, 0.1) is 0 Å². The third-order valence-corrected chi connectivity index (χ3v) is 5.16. The zero-order valence-electron chi connectivity index (χ0n) is 17.1. The van der Waals surface area contributed by atoms with Gasteiger partial charge in [-0.15, -0.1) is 0 Å².